The van der Waals surface area contributed by atoms with Crippen molar-refractivity contribution in [2.24, 2.45) is 0 Å². The molecule has 0 bridgehead atoms. The van der Waals surface area contributed by atoms with Gasteiger partial charge in [0.05, 0.1) is 24.2 Å². The monoisotopic (exact) mass is 297 g/mol. The number of ether oxygens (including phenoxy) is 1. The highest BCUT2D eigenvalue weighted by Crippen LogP contribution is 2.23. The Morgan fingerprint density at radius 2 is 1.91 bits per heavy atom. The highest BCUT2D eigenvalue weighted by Gasteiger charge is 2.18. The van der Waals surface area contributed by atoms with E-state index in [1.165, 1.54) is 13.2 Å². The first-order valence-electron chi connectivity index (χ1n) is 6.90. The molecule has 3 aromatic rings. The number of rotatable bonds is 3. The summed E-state index contributed by atoms with van der Waals surface area (Å²) < 4.78 is 11.5. The van der Waals surface area contributed by atoms with Crippen LogP contribution in [0.2, 0.25) is 0 Å². The number of benzene rings is 2. The van der Waals surface area contributed by atoms with Crippen LogP contribution in [0.15, 0.2) is 57.7 Å². The molecule has 0 radical (unpaired) electrons. The van der Waals surface area contributed by atoms with Gasteiger partial charge in [0.1, 0.15) is 0 Å². The van der Waals surface area contributed by atoms with E-state index in [9.17, 15) is 9.59 Å². The van der Waals surface area contributed by atoms with Crippen LogP contribution in [0.25, 0.3) is 11.1 Å². The zero-order chi connectivity index (χ0) is 15.7. The van der Waals surface area contributed by atoms with Gasteiger partial charge in [0.25, 0.3) is 0 Å². The predicted molar refractivity (Wildman–Crippen MR) is 82.1 cm³/mol. The number of hydrogen-bond acceptors (Lipinski definition) is 4. The molecule has 0 spiro atoms. The summed E-state index contributed by atoms with van der Waals surface area (Å²) in [6, 6.07) is 14.4. The molecular weight excluding hydrogens is 282 g/mol. The summed E-state index contributed by atoms with van der Waals surface area (Å²) in [5.74, 6) is -0.915. The fourth-order valence-corrected chi connectivity index (χ4v) is 2.53. The summed E-state index contributed by atoms with van der Waals surface area (Å²) in [6.45, 7) is 1.93. The van der Waals surface area contributed by atoms with Crippen LogP contribution < -0.4 is 5.76 Å². The van der Waals surface area contributed by atoms with Gasteiger partial charge in [-0.1, -0.05) is 30.3 Å². The van der Waals surface area contributed by atoms with Crippen molar-refractivity contribution in [2.45, 2.75) is 13.0 Å². The molecule has 1 atom stereocenters. The molecule has 0 aliphatic heterocycles. The summed E-state index contributed by atoms with van der Waals surface area (Å²) in [5.41, 5.74) is 2.37. The van der Waals surface area contributed by atoms with E-state index in [-0.39, 0.29) is 6.04 Å². The first-order valence-corrected chi connectivity index (χ1v) is 6.90. The Morgan fingerprint density at radius 3 is 2.59 bits per heavy atom. The Bertz CT molecular complexity index is 877. The maximum absolute atomic E-state index is 12.2. The Morgan fingerprint density at radius 1 is 1.18 bits per heavy atom. The Labute approximate surface area is 126 Å². The standard InChI is InChI=1S/C17H15NO4/c1-11(12-6-4-3-5-7-12)18-14-9-8-13(16(19)21-2)10-15(14)22-17(18)20/h3-11H,1-2H3. The van der Waals surface area contributed by atoms with E-state index in [0.29, 0.717) is 16.7 Å². The Balaban J connectivity index is 2.13. The summed E-state index contributed by atoms with van der Waals surface area (Å²) in [4.78, 5) is 23.7. The lowest BCUT2D eigenvalue weighted by molar-refractivity contribution is 0.0601. The molecule has 3 rings (SSSR count). The van der Waals surface area contributed by atoms with Gasteiger partial charge in [-0.15, -0.1) is 0 Å². The molecular formula is C17H15NO4. The highest BCUT2D eigenvalue weighted by molar-refractivity contribution is 5.93. The lowest BCUT2D eigenvalue weighted by atomic mass is 10.1. The second kappa shape index (κ2) is 5.52. The molecule has 22 heavy (non-hydrogen) atoms. The highest BCUT2D eigenvalue weighted by atomic mass is 16.5. The minimum atomic E-state index is -0.464. The first-order chi connectivity index (χ1) is 10.6. The van der Waals surface area contributed by atoms with E-state index in [0.717, 1.165) is 5.56 Å². The van der Waals surface area contributed by atoms with Crippen LogP contribution in [0.3, 0.4) is 0 Å². The number of fused-ring (bicyclic) bond motifs is 1. The van der Waals surface area contributed by atoms with Gasteiger partial charge in [-0.2, -0.15) is 0 Å². The molecule has 1 heterocycles. The second-order valence-corrected chi connectivity index (χ2v) is 5.00. The van der Waals surface area contributed by atoms with Crippen molar-refractivity contribution in [3.8, 4) is 0 Å². The van der Waals surface area contributed by atoms with Gasteiger partial charge in [-0.3, -0.25) is 4.57 Å². The van der Waals surface area contributed by atoms with Crippen molar-refractivity contribution >= 4 is 17.1 Å². The maximum atomic E-state index is 12.2. The van der Waals surface area contributed by atoms with Gasteiger partial charge >= 0.3 is 11.7 Å². The van der Waals surface area contributed by atoms with E-state index in [1.807, 2.05) is 37.3 Å². The number of carbonyl (C=O) groups excluding carboxylic acids is 1. The molecule has 2 aromatic carbocycles. The topological polar surface area (TPSA) is 61.4 Å². The van der Waals surface area contributed by atoms with Gasteiger partial charge in [0.2, 0.25) is 0 Å². The number of aromatic nitrogens is 1. The summed E-state index contributed by atoms with van der Waals surface area (Å²) >= 11 is 0. The average Bonchev–Trinajstić information content (AvgIpc) is 2.89. The third-order valence-electron chi connectivity index (χ3n) is 3.70. The van der Waals surface area contributed by atoms with Crippen molar-refractivity contribution in [1.82, 2.24) is 4.57 Å². The van der Waals surface area contributed by atoms with Crippen molar-refractivity contribution < 1.29 is 13.9 Å². The van der Waals surface area contributed by atoms with E-state index < -0.39 is 11.7 Å². The fourth-order valence-electron chi connectivity index (χ4n) is 2.53. The Kier molecular flexibility index (Phi) is 3.55. The number of nitrogens with zero attached hydrogens (tertiary/aromatic N) is 1. The van der Waals surface area contributed by atoms with Gasteiger partial charge in [0.15, 0.2) is 5.58 Å². The first kappa shape index (κ1) is 14.1. The quantitative estimate of drug-likeness (QED) is 0.697. The van der Waals surface area contributed by atoms with Gasteiger partial charge in [-0.25, -0.2) is 9.59 Å². The smallest absolute Gasteiger partial charge is 0.420 e. The van der Waals surface area contributed by atoms with Crippen LogP contribution in [-0.4, -0.2) is 17.6 Å². The molecule has 1 aromatic heterocycles. The molecule has 0 aliphatic carbocycles. The summed E-state index contributed by atoms with van der Waals surface area (Å²) in [6.07, 6.45) is 0. The van der Waals surface area contributed by atoms with E-state index in [4.69, 9.17) is 4.42 Å². The zero-order valence-electron chi connectivity index (χ0n) is 12.3. The van der Waals surface area contributed by atoms with E-state index in [2.05, 4.69) is 4.74 Å². The molecule has 0 N–H and O–H groups in total. The zero-order valence-corrected chi connectivity index (χ0v) is 12.3. The molecule has 0 saturated heterocycles. The van der Waals surface area contributed by atoms with Crippen LogP contribution in [0, 0.1) is 0 Å². The second-order valence-electron chi connectivity index (χ2n) is 5.00. The fraction of sp³-hybridized carbons (Fsp3) is 0.176. The van der Waals surface area contributed by atoms with Gasteiger partial charge < -0.3 is 9.15 Å². The minimum absolute atomic E-state index is 0.168. The van der Waals surface area contributed by atoms with Crippen LogP contribution in [-0.2, 0) is 4.74 Å². The van der Waals surface area contributed by atoms with Crippen LogP contribution in [0.4, 0.5) is 0 Å². The number of carbonyl (C=O) groups is 1. The van der Waals surface area contributed by atoms with Crippen LogP contribution >= 0.6 is 0 Å². The lowest BCUT2D eigenvalue weighted by Crippen LogP contribution is -2.19. The molecule has 0 fully saturated rings. The van der Waals surface area contributed by atoms with Crippen molar-refractivity contribution in [3.63, 3.8) is 0 Å². The molecule has 0 aliphatic rings. The van der Waals surface area contributed by atoms with E-state index >= 15 is 0 Å². The van der Waals surface area contributed by atoms with Gasteiger partial charge in [0, 0.05) is 0 Å². The van der Waals surface area contributed by atoms with Gasteiger partial charge in [-0.05, 0) is 30.7 Å². The van der Waals surface area contributed by atoms with Crippen LogP contribution in [0.1, 0.15) is 28.9 Å². The summed E-state index contributed by atoms with van der Waals surface area (Å²) in [7, 11) is 1.31. The van der Waals surface area contributed by atoms with Crippen molar-refractivity contribution in [2.75, 3.05) is 7.11 Å². The Hall–Kier alpha value is -2.82. The van der Waals surface area contributed by atoms with Crippen molar-refractivity contribution in [1.29, 1.82) is 0 Å². The SMILES string of the molecule is COC(=O)c1ccc2c(c1)oc(=O)n2C(C)c1ccccc1. The number of methoxy groups -OCH3 is 1. The largest absolute Gasteiger partial charge is 0.465 e. The summed E-state index contributed by atoms with van der Waals surface area (Å²) in [5, 5.41) is 0. The van der Waals surface area contributed by atoms with E-state index in [1.54, 1.807) is 16.7 Å². The molecule has 1 unspecified atom stereocenters. The molecule has 112 valence electrons. The normalized spacial score (nSPS) is 12.3. The third-order valence-corrected chi connectivity index (χ3v) is 3.70. The molecule has 5 heteroatoms. The maximum Gasteiger partial charge on any atom is 0.420 e. The number of esters is 1. The number of hydrogen-bond donors (Lipinski definition) is 0. The van der Waals surface area contributed by atoms with Crippen LogP contribution in [0.5, 0.6) is 0 Å². The molecule has 0 saturated carbocycles. The van der Waals surface area contributed by atoms with Crippen molar-refractivity contribution in [3.05, 3.63) is 70.2 Å². The average molecular weight is 297 g/mol. The molecule has 0 amide bonds. The lowest BCUT2D eigenvalue weighted by Gasteiger charge is -2.13. The minimum Gasteiger partial charge on any atom is -0.465 e. The number of oxazole rings is 1. The third kappa shape index (κ3) is 2.30. The molecule has 5 nitrogen and oxygen atoms in total. The predicted octanol–water partition coefficient (Wildman–Crippen LogP) is 2.99.